The monoisotopic (exact) mass is 429 g/mol. The lowest BCUT2D eigenvalue weighted by atomic mass is 9.81. The Labute approximate surface area is 181 Å². The van der Waals surface area contributed by atoms with Gasteiger partial charge in [-0.1, -0.05) is 13.0 Å². The molecule has 7 nitrogen and oxygen atoms in total. The molecule has 2 aliphatic heterocycles. The highest BCUT2D eigenvalue weighted by atomic mass is 19.1. The second-order valence-electron chi connectivity index (χ2n) is 8.01. The van der Waals surface area contributed by atoms with Gasteiger partial charge in [-0.3, -0.25) is 0 Å². The van der Waals surface area contributed by atoms with Gasteiger partial charge in [-0.2, -0.15) is 0 Å². The normalized spacial score (nSPS) is 19.3. The minimum Gasteiger partial charge on any atom is -0.487 e. The van der Waals surface area contributed by atoms with E-state index in [1.807, 2.05) is 25.1 Å². The van der Waals surface area contributed by atoms with Gasteiger partial charge >= 0.3 is 6.03 Å². The smallest absolute Gasteiger partial charge is 0.315 e. The van der Waals surface area contributed by atoms with Gasteiger partial charge in [0.05, 0.1) is 32.6 Å². The van der Waals surface area contributed by atoms with E-state index in [0.29, 0.717) is 48.9 Å². The Morgan fingerprint density at radius 3 is 2.87 bits per heavy atom. The third kappa shape index (κ3) is 4.58. The van der Waals surface area contributed by atoms with Crippen LogP contribution in [0.25, 0.3) is 11.1 Å². The fraction of sp³-hybridized carbons (Fsp3) is 0.478. The molecule has 0 aliphatic carbocycles. The Morgan fingerprint density at radius 2 is 2.13 bits per heavy atom. The zero-order valence-electron chi connectivity index (χ0n) is 17.9. The molecule has 1 aromatic carbocycles. The van der Waals surface area contributed by atoms with Crippen molar-refractivity contribution in [1.29, 1.82) is 0 Å². The average Bonchev–Trinajstić information content (AvgIpc) is 2.78. The fourth-order valence-electron chi connectivity index (χ4n) is 4.22. The number of nitrogens with zero attached hydrogens (tertiary/aromatic N) is 1. The van der Waals surface area contributed by atoms with E-state index in [2.05, 4.69) is 15.6 Å². The highest BCUT2D eigenvalue weighted by molar-refractivity contribution is 5.75. The number of fused-ring (bicyclic) bond motifs is 1. The van der Waals surface area contributed by atoms with Crippen molar-refractivity contribution < 1.29 is 23.4 Å². The van der Waals surface area contributed by atoms with Crippen molar-refractivity contribution in [2.24, 2.45) is 0 Å². The standard InChI is InChI=1S/C23H28FN3O4/c1-3-8-25-22(28)27-19-13-23(6-9-30-10-7-23)31-20-5-4-15(11-17(19)20)16-12-21(29-2)26-14-18(16)24/h4-5,11-12,14,19H,3,6-10,13H2,1-2H3,(H2,25,27,28). The Bertz CT molecular complexity index is 946. The van der Waals surface area contributed by atoms with Crippen LogP contribution >= 0.6 is 0 Å². The minimum atomic E-state index is -0.441. The Kier molecular flexibility index (Phi) is 6.27. The molecule has 3 heterocycles. The first kappa shape index (κ1) is 21.4. The van der Waals surface area contributed by atoms with Crippen LogP contribution in [0.15, 0.2) is 30.5 Å². The maximum Gasteiger partial charge on any atom is 0.315 e. The van der Waals surface area contributed by atoms with Crippen LogP contribution in [0.2, 0.25) is 0 Å². The van der Waals surface area contributed by atoms with E-state index in [9.17, 15) is 9.18 Å². The van der Waals surface area contributed by atoms with Gasteiger partial charge in [0.2, 0.25) is 5.88 Å². The highest BCUT2D eigenvalue weighted by Crippen LogP contribution is 2.45. The molecule has 1 spiro atoms. The maximum absolute atomic E-state index is 14.5. The number of methoxy groups -OCH3 is 1. The molecule has 0 saturated carbocycles. The third-order valence-corrected chi connectivity index (χ3v) is 5.88. The number of halogens is 1. The van der Waals surface area contributed by atoms with Gasteiger partial charge in [0.1, 0.15) is 17.2 Å². The van der Waals surface area contributed by atoms with Crippen molar-refractivity contribution >= 4 is 6.03 Å². The van der Waals surface area contributed by atoms with E-state index >= 15 is 0 Å². The molecule has 1 aromatic heterocycles. The largest absolute Gasteiger partial charge is 0.487 e. The number of carbonyl (C=O) groups is 1. The molecule has 4 rings (SSSR count). The van der Waals surface area contributed by atoms with Crippen molar-refractivity contribution in [3.63, 3.8) is 0 Å². The van der Waals surface area contributed by atoms with Gasteiger partial charge in [0.25, 0.3) is 0 Å². The zero-order chi connectivity index (χ0) is 21.8. The van der Waals surface area contributed by atoms with E-state index in [-0.39, 0.29) is 17.7 Å². The summed E-state index contributed by atoms with van der Waals surface area (Å²) in [5.41, 5.74) is 1.51. The van der Waals surface area contributed by atoms with Gasteiger partial charge < -0.3 is 24.8 Å². The zero-order valence-corrected chi connectivity index (χ0v) is 17.9. The van der Waals surface area contributed by atoms with Crippen LogP contribution in [0.3, 0.4) is 0 Å². The van der Waals surface area contributed by atoms with E-state index in [1.54, 1.807) is 6.07 Å². The van der Waals surface area contributed by atoms with Crippen LogP contribution in [0.4, 0.5) is 9.18 Å². The molecule has 2 aromatic rings. The summed E-state index contributed by atoms with van der Waals surface area (Å²) in [5.74, 6) is 0.600. The summed E-state index contributed by atoms with van der Waals surface area (Å²) in [6, 6.07) is 6.64. The molecule has 31 heavy (non-hydrogen) atoms. The molecule has 166 valence electrons. The Hall–Kier alpha value is -2.87. The van der Waals surface area contributed by atoms with Gasteiger partial charge in [-0.05, 0) is 24.1 Å². The second-order valence-corrected chi connectivity index (χ2v) is 8.01. The number of rotatable bonds is 5. The quantitative estimate of drug-likeness (QED) is 0.752. The Morgan fingerprint density at radius 1 is 1.32 bits per heavy atom. The minimum absolute atomic E-state index is 0.218. The topological polar surface area (TPSA) is 81.7 Å². The summed E-state index contributed by atoms with van der Waals surface area (Å²) in [6.07, 6.45) is 4.16. The lowest BCUT2D eigenvalue weighted by molar-refractivity contribution is -0.0637. The molecule has 8 heteroatoms. The summed E-state index contributed by atoms with van der Waals surface area (Å²) in [5, 5.41) is 5.97. The Balaban J connectivity index is 1.70. The summed E-state index contributed by atoms with van der Waals surface area (Å²) < 4.78 is 31.6. The van der Waals surface area contributed by atoms with Crippen molar-refractivity contribution in [3.05, 3.63) is 41.8 Å². The molecular weight excluding hydrogens is 401 g/mol. The van der Waals surface area contributed by atoms with Crippen LogP contribution in [-0.2, 0) is 4.74 Å². The summed E-state index contributed by atoms with van der Waals surface area (Å²) >= 11 is 0. The van der Waals surface area contributed by atoms with Crippen molar-refractivity contribution in [2.75, 3.05) is 26.9 Å². The number of aromatic nitrogens is 1. The van der Waals surface area contributed by atoms with Crippen LogP contribution in [0, 0.1) is 5.82 Å². The molecule has 0 radical (unpaired) electrons. The first-order valence-corrected chi connectivity index (χ1v) is 10.7. The average molecular weight is 429 g/mol. The van der Waals surface area contributed by atoms with Gasteiger partial charge in [-0.25, -0.2) is 14.2 Å². The van der Waals surface area contributed by atoms with Gasteiger partial charge in [0, 0.05) is 43.0 Å². The first-order chi connectivity index (χ1) is 15.0. The number of amides is 2. The summed E-state index contributed by atoms with van der Waals surface area (Å²) in [4.78, 5) is 16.4. The van der Waals surface area contributed by atoms with E-state index in [1.165, 1.54) is 7.11 Å². The second kappa shape index (κ2) is 9.09. The molecule has 0 bridgehead atoms. The number of hydrogen-bond donors (Lipinski definition) is 2. The number of benzene rings is 1. The van der Waals surface area contributed by atoms with Crippen molar-refractivity contribution in [1.82, 2.24) is 15.6 Å². The molecule has 1 saturated heterocycles. The van der Waals surface area contributed by atoms with Crippen LogP contribution in [0.5, 0.6) is 11.6 Å². The van der Waals surface area contributed by atoms with Crippen LogP contribution in [-0.4, -0.2) is 43.5 Å². The third-order valence-electron chi connectivity index (χ3n) is 5.88. The molecule has 1 atom stereocenters. The molecule has 1 unspecified atom stereocenters. The molecule has 2 amide bonds. The fourth-order valence-corrected chi connectivity index (χ4v) is 4.22. The lowest BCUT2D eigenvalue weighted by Crippen LogP contribution is -2.49. The van der Waals surface area contributed by atoms with Gasteiger partial charge in [-0.15, -0.1) is 0 Å². The number of urea groups is 1. The molecule has 1 fully saturated rings. The highest BCUT2D eigenvalue weighted by Gasteiger charge is 2.43. The first-order valence-electron chi connectivity index (χ1n) is 10.7. The van der Waals surface area contributed by atoms with E-state index in [4.69, 9.17) is 14.2 Å². The number of nitrogens with one attached hydrogen (secondary N) is 2. The van der Waals surface area contributed by atoms with Crippen LogP contribution < -0.4 is 20.1 Å². The predicted molar refractivity (Wildman–Crippen MR) is 114 cm³/mol. The number of carbonyl (C=O) groups excluding carboxylic acids is 1. The number of ether oxygens (including phenoxy) is 3. The molecule has 2 N–H and O–H groups in total. The summed E-state index contributed by atoms with van der Waals surface area (Å²) in [7, 11) is 1.49. The summed E-state index contributed by atoms with van der Waals surface area (Å²) in [6.45, 7) is 3.86. The molecular formula is C23H28FN3O4. The SMILES string of the molecule is CCCNC(=O)NC1CC2(CCOCC2)Oc2ccc(-c3cc(OC)ncc3F)cc21. The maximum atomic E-state index is 14.5. The number of hydrogen-bond acceptors (Lipinski definition) is 5. The van der Waals surface area contributed by atoms with Crippen LogP contribution in [0.1, 0.15) is 44.2 Å². The van der Waals surface area contributed by atoms with E-state index < -0.39 is 5.82 Å². The van der Waals surface area contributed by atoms with Crippen molar-refractivity contribution in [2.45, 2.75) is 44.2 Å². The molecule has 2 aliphatic rings. The van der Waals surface area contributed by atoms with E-state index in [0.717, 1.165) is 31.0 Å². The van der Waals surface area contributed by atoms with Crippen molar-refractivity contribution in [3.8, 4) is 22.8 Å². The van der Waals surface area contributed by atoms with Gasteiger partial charge in [0.15, 0.2) is 0 Å². The number of pyridine rings is 1. The lowest BCUT2D eigenvalue weighted by Gasteiger charge is -2.44. The predicted octanol–water partition coefficient (Wildman–Crippen LogP) is 3.98.